The molecule has 10 nitrogen and oxygen atoms in total. The highest BCUT2D eigenvalue weighted by Crippen LogP contribution is 2.48. The second-order valence-corrected chi connectivity index (χ2v) is 15.7. The first kappa shape index (κ1) is 31.4. The number of aliphatic carboxylic acids is 2. The van der Waals surface area contributed by atoms with Gasteiger partial charge in [-0.15, -0.1) is 56.7 Å². The molecule has 0 aliphatic heterocycles. The third-order valence-corrected chi connectivity index (χ3v) is 13.5. The van der Waals surface area contributed by atoms with E-state index in [0.29, 0.717) is 34.2 Å². The molecule has 15 heteroatoms. The molecule has 0 aliphatic carbocycles. The lowest BCUT2D eigenvalue weighted by Crippen LogP contribution is -1.99. The molecule has 0 saturated carbocycles. The van der Waals surface area contributed by atoms with Gasteiger partial charge in [-0.2, -0.15) is 0 Å². The molecule has 6 N–H and O–H groups in total. The Morgan fingerprint density at radius 1 is 0.553 bits per heavy atom. The summed E-state index contributed by atoms with van der Waals surface area (Å²) in [4.78, 5) is 47.8. The number of nitrogens with one attached hydrogen (secondary N) is 2. The molecule has 7 aromatic heterocycles. The van der Waals surface area contributed by atoms with Crippen molar-refractivity contribution >= 4 is 68.6 Å². The van der Waals surface area contributed by atoms with Gasteiger partial charge in [0, 0.05) is 39.0 Å². The van der Waals surface area contributed by atoms with Crippen LogP contribution in [-0.2, 0) is 35.6 Å². The van der Waals surface area contributed by atoms with Gasteiger partial charge in [-0.1, -0.05) is 0 Å². The summed E-state index contributed by atoms with van der Waals surface area (Å²) in [5.74, 6) is -0.511. The number of aliphatic hydroxyl groups is 2. The Morgan fingerprint density at radius 3 is 1.32 bits per heavy atom. The SMILES string of the molecule is O=C(O)Cc1cc(-c2ccc(-c3ncc(CO)[nH]3)s2)sc1-c1ccc(-c2sc(-c3ccc(-c4ncc(CO)[nH]4)s3)cc2CC(=O)O)s1. The first-order valence-corrected chi connectivity index (χ1v) is 18.2. The molecule has 7 rings (SSSR count). The molecule has 0 aromatic carbocycles. The van der Waals surface area contributed by atoms with Crippen LogP contribution >= 0.6 is 56.7 Å². The number of thiophene rings is 5. The molecule has 0 aliphatic rings. The third-order valence-electron chi connectivity index (χ3n) is 7.12. The molecule has 0 fully saturated rings. The van der Waals surface area contributed by atoms with Crippen LogP contribution in [0, 0.1) is 0 Å². The van der Waals surface area contributed by atoms with E-state index in [1.807, 2.05) is 48.5 Å². The number of hydrogen-bond donors (Lipinski definition) is 6. The second-order valence-electron chi connectivity index (χ2n) is 10.4. The quantitative estimate of drug-likeness (QED) is 0.0746. The summed E-state index contributed by atoms with van der Waals surface area (Å²) in [5.41, 5.74) is 2.68. The second kappa shape index (κ2) is 13.1. The molecule has 238 valence electrons. The Bertz CT molecular complexity index is 2070. The predicted molar refractivity (Wildman–Crippen MR) is 187 cm³/mol. The van der Waals surface area contributed by atoms with E-state index in [9.17, 15) is 30.0 Å². The molecule has 0 atom stereocenters. The highest BCUT2D eigenvalue weighted by atomic mass is 32.1. The van der Waals surface area contributed by atoms with Gasteiger partial charge in [-0.25, -0.2) is 9.97 Å². The van der Waals surface area contributed by atoms with Crippen LogP contribution < -0.4 is 0 Å². The fourth-order valence-corrected chi connectivity index (χ4v) is 10.7. The van der Waals surface area contributed by atoms with Gasteiger partial charge in [0.25, 0.3) is 0 Å². The van der Waals surface area contributed by atoms with E-state index < -0.39 is 11.9 Å². The summed E-state index contributed by atoms with van der Waals surface area (Å²) in [6.07, 6.45) is 2.95. The van der Waals surface area contributed by atoms with Crippen LogP contribution in [0.4, 0.5) is 0 Å². The van der Waals surface area contributed by atoms with Crippen LogP contribution in [-0.4, -0.2) is 52.3 Å². The maximum Gasteiger partial charge on any atom is 0.307 e. The molecular formula is C32H24N4O6S5. The average molecular weight is 721 g/mol. The van der Waals surface area contributed by atoms with Crippen LogP contribution in [0.3, 0.4) is 0 Å². The summed E-state index contributed by atoms with van der Waals surface area (Å²) in [6, 6.07) is 15.7. The number of H-pyrrole nitrogens is 2. The fourth-order valence-electron chi connectivity index (χ4n) is 5.01. The van der Waals surface area contributed by atoms with Crippen molar-refractivity contribution in [1.82, 2.24) is 19.9 Å². The number of aromatic amines is 2. The van der Waals surface area contributed by atoms with Gasteiger partial charge in [-0.05, 0) is 59.7 Å². The number of aliphatic hydroxyl groups excluding tert-OH is 2. The summed E-state index contributed by atoms with van der Waals surface area (Å²) < 4.78 is 0. The molecule has 0 spiro atoms. The Labute approximate surface area is 287 Å². The summed E-state index contributed by atoms with van der Waals surface area (Å²) in [6.45, 7) is -0.252. The average Bonchev–Trinajstić information content (AvgIpc) is 3.89. The van der Waals surface area contributed by atoms with E-state index in [0.717, 1.165) is 48.8 Å². The maximum absolute atomic E-state index is 11.8. The summed E-state index contributed by atoms with van der Waals surface area (Å²) in [5, 5.41) is 38.2. The number of imidazole rings is 2. The molecule has 0 amide bonds. The van der Waals surface area contributed by atoms with Gasteiger partial charge in [-0.3, -0.25) is 9.59 Å². The van der Waals surface area contributed by atoms with Crippen LogP contribution in [0.1, 0.15) is 22.5 Å². The summed E-state index contributed by atoms with van der Waals surface area (Å²) >= 11 is 7.64. The molecule has 0 unspecified atom stereocenters. The zero-order chi connectivity index (χ0) is 32.7. The lowest BCUT2D eigenvalue weighted by Gasteiger charge is -1.99. The first-order chi connectivity index (χ1) is 22.8. The minimum absolute atomic E-state index is 0.126. The Balaban J connectivity index is 1.22. The van der Waals surface area contributed by atoms with Crippen molar-refractivity contribution in [3.63, 3.8) is 0 Å². The minimum atomic E-state index is -0.921. The van der Waals surface area contributed by atoms with Crippen LogP contribution in [0.15, 0.2) is 60.9 Å². The van der Waals surface area contributed by atoms with E-state index in [2.05, 4.69) is 19.9 Å². The zero-order valence-electron chi connectivity index (χ0n) is 24.1. The number of nitrogens with zero attached hydrogens (tertiary/aromatic N) is 2. The van der Waals surface area contributed by atoms with Gasteiger partial charge in [0.15, 0.2) is 0 Å². The molecule has 0 bridgehead atoms. The highest BCUT2D eigenvalue weighted by Gasteiger charge is 2.22. The van der Waals surface area contributed by atoms with Gasteiger partial charge in [0.1, 0.15) is 11.6 Å². The molecule has 7 aromatic rings. The Hall–Kier alpha value is -4.22. The number of aromatic nitrogens is 4. The normalized spacial score (nSPS) is 11.4. The van der Waals surface area contributed by atoms with E-state index in [1.165, 1.54) is 56.7 Å². The zero-order valence-corrected chi connectivity index (χ0v) is 28.2. The lowest BCUT2D eigenvalue weighted by atomic mass is 10.1. The molecule has 47 heavy (non-hydrogen) atoms. The van der Waals surface area contributed by atoms with E-state index in [-0.39, 0.29) is 26.1 Å². The van der Waals surface area contributed by atoms with Crippen molar-refractivity contribution < 1.29 is 30.0 Å². The molecule has 7 heterocycles. The number of carboxylic acid groups (broad SMARTS) is 2. The van der Waals surface area contributed by atoms with E-state index in [1.54, 1.807) is 12.4 Å². The standard InChI is InChI=1S/C32H24N4O6S5/c37-13-17-11-33-31(35-17)23-5-1-19(43-23)25-7-15(9-27(39)40)29(46-25)21-3-4-22(45-21)30-16(10-28(41)42)8-26(47-30)20-2-6-24(44-20)32-34-12-18(14-38)36-32/h1-8,11-12,37-38H,9-10,13-14H2,(H,33,35)(H,34,36)(H,39,40)(H,41,42). The Morgan fingerprint density at radius 2 is 0.936 bits per heavy atom. The van der Waals surface area contributed by atoms with Gasteiger partial charge in [0.2, 0.25) is 0 Å². The van der Waals surface area contributed by atoms with Crippen molar-refractivity contribution in [2.24, 2.45) is 0 Å². The van der Waals surface area contributed by atoms with Gasteiger partial charge < -0.3 is 30.4 Å². The van der Waals surface area contributed by atoms with Crippen molar-refractivity contribution in [2.75, 3.05) is 0 Å². The minimum Gasteiger partial charge on any atom is -0.481 e. The van der Waals surface area contributed by atoms with Crippen molar-refractivity contribution in [3.8, 4) is 60.4 Å². The number of carboxylic acids is 2. The predicted octanol–water partition coefficient (Wildman–Crippen LogP) is 7.68. The smallest absolute Gasteiger partial charge is 0.307 e. The lowest BCUT2D eigenvalue weighted by molar-refractivity contribution is -0.137. The maximum atomic E-state index is 11.8. The monoisotopic (exact) mass is 720 g/mol. The van der Waals surface area contributed by atoms with Gasteiger partial charge >= 0.3 is 11.9 Å². The van der Waals surface area contributed by atoms with Gasteiger partial charge in [0.05, 0.1) is 59.6 Å². The van der Waals surface area contributed by atoms with Crippen molar-refractivity contribution in [3.05, 3.63) is 83.4 Å². The van der Waals surface area contributed by atoms with E-state index in [4.69, 9.17) is 0 Å². The number of carbonyl (C=O) groups is 2. The molecular weight excluding hydrogens is 697 g/mol. The fraction of sp³-hybridized carbons (Fsp3) is 0.125. The number of hydrogen-bond acceptors (Lipinski definition) is 11. The van der Waals surface area contributed by atoms with Crippen LogP contribution in [0.5, 0.6) is 0 Å². The third kappa shape index (κ3) is 6.51. The molecule has 0 radical (unpaired) electrons. The Kier molecular flexibility index (Phi) is 8.76. The highest BCUT2D eigenvalue weighted by molar-refractivity contribution is 7.30. The van der Waals surface area contributed by atoms with Crippen LogP contribution in [0.2, 0.25) is 0 Å². The van der Waals surface area contributed by atoms with Crippen molar-refractivity contribution in [2.45, 2.75) is 26.1 Å². The van der Waals surface area contributed by atoms with Crippen molar-refractivity contribution in [1.29, 1.82) is 0 Å². The largest absolute Gasteiger partial charge is 0.481 e. The number of rotatable bonds is 12. The summed E-state index contributed by atoms with van der Waals surface area (Å²) in [7, 11) is 0. The topological polar surface area (TPSA) is 172 Å². The van der Waals surface area contributed by atoms with Crippen LogP contribution in [0.25, 0.3) is 60.4 Å². The molecule has 0 saturated heterocycles. The van der Waals surface area contributed by atoms with E-state index >= 15 is 0 Å². The first-order valence-electron chi connectivity index (χ1n) is 14.1.